The number of benzene rings is 2. The van der Waals surface area contributed by atoms with Crippen molar-refractivity contribution in [2.75, 3.05) is 30.9 Å². The van der Waals surface area contributed by atoms with Crippen LogP contribution in [0.5, 0.6) is 0 Å². The highest BCUT2D eigenvalue weighted by Crippen LogP contribution is 2.45. The standard InChI is InChI=1S/C25H25ClN6OS/c1-34-22-13-27-12-18(22)19-14-30(21-10-6-5-9-20(21)26)15-23-31(24(19)34)16-29-32(23)25(33)28-11-17-7-3-2-4-8-17/h2-10,13-14,23,29H,11-12,15-16H2,1H3,(H,28,33). The van der Waals surface area contributed by atoms with Crippen LogP contribution in [0.25, 0.3) is 0 Å². The fourth-order valence-electron chi connectivity index (χ4n) is 4.91. The van der Waals surface area contributed by atoms with Gasteiger partial charge in [-0.15, -0.1) is 10.5 Å². The molecule has 2 N–H and O–H groups in total. The molecule has 0 spiro atoms. The van der Waals surface area contributed by atoms with Gasteiger partial charge < -0.3 is 10.2 Å². The molecule has 0 saturated carbocycles. The molecule has 4 aliphatic heterocycles. The molecule has 174 valence electrons. The molecule has 0 aliphatic carbocycles. The van der Waals surface area contributed by atoms with Crippen molar-refractivity contribution in [3.63, 3.8) is 0 Å². The number of carbonyl (C=O) groups is 1. The van der Waals surface area contributed by atoms with E-state index in [0.717, 1.165) is 11.3 Å². The number of fused-ring (bicyclic) bond motifs is 4. The summed E-state index contributed by atoms with van der Waals surface area (Å²) in [5.74, 6) is 0. The number of amides is 2. The zero-order valence-corrected chi connectivity index (χ0v) is 20.3. The van der Waals surface area contributed by atoms with Gasteiger partial charge in [-0.2, -0.15) is 0 Å². The van der Waals surface area contributed by atoms with Gasteiger partial charge in [-0.1, -0.05) is 54.1 Å². The van der Waals surface area contributed by atoms with Crippen molar-refractivity contribution in [3.05, 3.63) is 87.4 Å². The smallest absolute Gasteiger partial charge is 0.333 e. The van der Waals surface area contributed by atoms with Gasteiger partial charge in [0.2, 0.25) is 0 Å². The molecule has 2 amide bonds. The maximum absolute atomic E-state index is 13.3. The first-order valence-electron chi connectivity index (χ1n) is 11.2. The molecule has 2 atom stereocenters. The van der Waals surface area contributed by atoms with Crippen molar-refractivity contribution in [1.82, 2.24) is 20.7 Å². The number of aliphatic imine (C=N–C) groups is 1. The molecule has 0 aromatic heterocycles. The molecule has 1 fully saturated rings. The molecule has 2 aromatic rings. The predicted molar refractivity (Wildman–Crippen MR) is 140 cm³/mol. The fourth-order valence-corrected chi connectivity index (χ4v) is 7.19. The Balaban J connectivity index is 1.35. The van der Waals surface area contributed by atoms with Gasteiger partial charge in [0.05, 0.1) is 35.5 Å². The number of nitrogens with one attached hydrogen (secondary N) is 2. The zero-order valence-electron chi connectivity index (χ0n) is 18.7. The SMILES string of the molecule is CS1=C2C(=CN(c3ccccc3Cl)CC3N2CNN3C(=O)NCc2ccccc2)C2=C1C=NC2. The largest absolute Gasteiger partial charge is 0.343 e. The van der Waals surface area contributed by atoms with Gasteiger partial charge in [0.25, 0.3) is 0 Å². The number of halogens is 1. The van der Waals surface area contributed by atoms with E-state index in [1.165, 1.54) is 21.0 Å². The van der Waals surface area contributed by atoms with E-state index in [4.69, 9.17) is 11.6 Å². The summed E-state index contributed by atoms with van der Waals surface area (Å²) in [6.07, 6.45) is 6.28. The topological polar surface area (TPSA) is 63.2 Å². The van der Waals surface area contributed by atoms with Crippen LogP contribution in [0.15, 0.2) is 81.8 Å². The van der Waals surface area contributed by atoms with Crippen LogP contribution < -0.4 is 15.6 Å². The molecule has 6 rings (SSSR count). The molecule has 1 saturated heterocycles. The normalized spacial score (nSPS) is 23.6. The third kappa shape index (κ3) is 3.58. The third-order valence-electron chi connectivity index (χ3n) is 6.57. The molecule has 9 heteroatoms. The number of anilines is 1. The summed E-state index contributed by atoms with van der Waals surface area (Å²) < 4.78 is 0. The summed E-state index contributed by atoms with van der Waals surface area (Å²) in [5, 5.41) is 5.48. The number of nitrogens with zero attached hydrogens (tertiary/aromatic N) is 4. The van der Waals surface area contributed by atoms with Crippen LogP contribution in [-0.4, -0.2) is 59.3 Å². The fraction of sp³-hybridized carbons (Fsp3) is 0.240. The number of urea groups is 1. The van der Waals surface area contributed by atoms with E-state index in [-0.39, 0.29) is 22.7 Å². The summed E-state index contributed by atoms with van der Waals surface area (Å²) in [4.78, 5) is 24.9. The molecular formula is C25H25ClN6OS. The predicted octanol–water partition coefficient (Wildman–Crippen LogP) is 3.74. The molecule has 4 heterocycles. The molecule has 4 aliphatic rings. The second-order valence-corrected chi connectivity index (χ2v) is 10.8. The lowest BCUT2D eigenvalue weighted by molar-refractivity contribution is 0.156. The molecule has 34 heavy (non-hydrogen) atoms. The zero-order chi connectivity index (χ0) is 23.2. The minimum atomic E-state index is -0.192. The van der Waals surface area contributed by atoms with E-state index < -0.39 is 0 Å². The first kappa shape index (κ1) is 21.6. The Morgan fingerprint density at radius 2 is 2.00 bits per heavy atom. The van der Waals surface area contributed by atoms with Crippen LogP contribution in [-0.2, 0) is 6.54 Å². The number of rotatable bonds is 3. The summed E-state index contributed by atoms with van der Waals surface area (Å²) in [6, 6.07) is 17.7. The Labute approximate surface area is 206 Å². The lowest BCUT2D eigenvalue weighted by atomic mass is 10.1. The number of hydrogen-bond acceptors (Lipinski definition) is 5. The lowest BCUT2D eigenvalue weighted by Crippen LogP contribution is -2.53. The van der Waals surface area contributed by atoms with Crippen LogP contribution >= 0.6 is 22.1 Å². The minimum absolute atomic E-state index is 0.108. The third-order valence-corrected chi connectivity index (χ3v) is 8.94. The van der Waals surface area contributed by atoms with Crippen LogP contribution in [0, 0.1) is 0 Å². The molecule has 0 bridgehead atoms. The summed E-state index contributed by atoms with van der Waals surface area (Å²) in [6.45, 7) is 2.33. The Kier molecular flexibility index (Phi) is 5.53. The number of hydrogen-bond donors (Lipinski definition) is 2. The van der Waals surface area contributed by atoms with Gasteiger partial charge in [-0.05, 0) is 29.5 Å². The van der Waals surface area contributed by atoms with Crippen LogP contribution in [0.2, 0.25) is 5.02 Å². The second kappa shape index (κ2) is 8.70. The van der Waals surface area contributed by atoms with Crippen molar-refractivity contribution >= 4 is 45.0 Å². The highest BCUT2D eigenvalue weighted by Gasteiger charge is 2.44. The highest BCUT2D eigenvalue weighted by atomic mass is 35.5. The van der Waals surface area contributed by atoms with E-state index >= 15 is 0 Å². The quantitative estimate of drug-likeness (QED) is 0.641. The van der Waals surface area contributed by atoms with Gasteiger partial charge >= 0.3 is 6.03 Å². The number of para-hydroxylation sites is 1. The average molecular weight is 493 g/mol. The van der Waals surface area contributed by atoms with Crippen molar-refractivity contribution in [2.45, 2.75) is 12.7 Å². The summed E-state index contributed by atoms with van der Waals surface area (Å²) in [5.41, 5.74) is 7.82. The van der Waals surface area contributed by atoms with E-state index in [0.29, 0.717) is 31.3 Å². The molecular weight excluding hydrogens is 468 g/mol. The van der Waals surface area contributed by atoms with E-state index in [9.17, 15) is 4.79 Å². The van der Waals surface area contributed by atoms with Gasteiger partial charge in [0.15, 0.2) is 0 Å². The summed E-state index contributed by atoms with van der Waals surface area (Å²) in [7, 11) is -0.108. The van der Waals surface area contributed by atoms with Crippen molar-refractivity contribution < 1.29 is 4.79 Å². The van der Waals surface area contributed by atoms with Crippen LogP contribution in [0.1, 0.15) is 5.56 Å². The summed E-state index contributed by atoms with van der Waals surface area (Å²) >= 11 is 6.62. The number of carbonyl (C=O) groups excluding carboxylic acids is 1. The highest BCUT2D eigenvalue weighted by molar-refractivity contribution is 8.20. The van der Waals surface area contributed by atoms with E-state index in [1.54, 1.807) is 5.01 Å². The average Bonchev–Trinajstić information content (AvgIpc) is 3.53. The van der Waals surface area contributed by atoms with Gasteiger partial charge in [-0.3, -0.25) is 4.99 Å². The monoisotopic (exact) mass is 492 g/mol. The first-order chi connectivity index (χ1) is 16.6. The Hall–Kier alpha value is -2.91. The minimum Gasteiger partial charge on any atom is -0.343 e. The maximum Gasteiger partial charge on any atom is 0.333 e. The molecule has 0 radical (unpaired) electrons. The van der Waals surface area contributed by atoms with E-state index in [2.05, 4.69) is 38.0 Å². The second-order valence-electron chi connectivity index (χ2n) is 8.56. The van der Waals surface area contributed by atoms with Crippen LogP contribution in [0.3, 0.4) is 0 Å². The number of allylic oxidation sites excluding steroid dienone is 1. The van der Waals surface area contributed by atoms with Crippen molar-refractivity contribution in [1.29, 1.82) is 0 Å². The van der Waals surface area contributed by atoms with Crippen molar-refractivity contribution in [2.24, 2.45) is 4.99 Å². The Morgan fingerprint density at radius 1 is 1.21 bits per heavy atom. The first-order valence-corrected chi connectivity index (χ1v) is 13.2. The van der Waals surface area contributed by atoms with Gasteiger partial charge in [0.1, 0.15) is 6.17 Å². The van der Waals surface area contributed by atoms with Crippen LogP contribution in [0.4, 0.5) is 10.5 Å². The van der Waals surface area contributed by atoms with Gasteiger partial charge in [-0.25, -0.2) is 20.1 Å². The van der Waals surface area contributed by atoms with Crippen molar-refractivity contribution in [3.8, 4) is 0 Å². The molecule has 2 unspecified atom stereocenters. The maximum atomic E-state index is 13.3. The Bertz CT molecular complexity index is 1290. The lowest BCUT2D eigenvalue weighted by Gasteiger charge is -2.31. The van der Waals surface area contributed by atoms with Gasteiger partial charge in [0, 0.05) is 29.4 Å². The Morgan fingerprint density at radius 3 is 2.82 bits per heavy atom. The molecule has 2 aromatic carbocycles. The van der Waals surface area contributed by atoms with E-state index in [1.807, 2.05) is 60.8 Å². The number of hydrazine groups is 1. The molecule has 7 nitrogen and oxygen atoms in total.